The zero-order chi connectivity index (χ0) is 18.1. The molecule has 0 unspecified atom stereocenters. The average Bonchev–Trinajstić information content (AvgIpc) is 3.22. The van der Waals surface area contributed by atoms with E-state index in [2.05, 4.69) is 24.8 Å². The van der Waals surface area contributed by atoms with Gasteiger partial charge in [0.05, 0.1) is 5.69 Å². The topological polar surface area (TPSA) is 89.1 Å². The predicted molar refractivity (Wildman–Crippen MR) is 99.3 cm³/mol. The first-order valence-corrected chi connectivity index (χ1v) is 8.79. The molecule has 0 fully saturated rings. The summed E-state index contributed by atoms with van der Waals surface area (Å²) >= 11 is 7.40. The Balaban J connectivity index is 1.73. The van der Waals surface area contributed by atoms with Crippen LogP contribution in [0.5, 0.6) is 0 Å². The minimum atomic E-state index is -0.594. The van der Waals surface area contributed by atoms with Gasteiger partial charge in [-0.2, -0.15) is 5.10 Å². The molecule has 2 heterocycles. The summed E-state index contributed by atoms with van der Waals surface area (Å²) in [6.07, 6.45) is 0. The number of halogens is 1. The molecule has 9 heteroatoms. The summed E-state index contributed by atoms with van der Waals surface area (Å²) < 4.78 is 6.27. The van der Waals surface area contributed by atoms with E-state index in [1.165, 1.54) is 11.3 Å². The van der Waals surface area contributed by atoms with Gasteiger partial charge in [-0.3, -0.25) is 9.51 Å². The molecule has 0 radical (unpaired) electrons. The number of hydrogen-bond donors (Lipinski definition) is 1. The van der Waals surface area contributed by atoms with Crippen LogP contribution in [0.3, 0.4) is 0 Å². The molecule has 7 nitrogen and oxygen atoms in total. The van der Waals surface area contributed by atoms with Crippen LogP contribution in [0.25, 0.3) is 22.0 Å². The molecule has 0 saturated heterocycles. The largest absolute Gasteiger partial charge is 0.439 e. The minimum absolute atomic E-state index is 0.364. The lowest BCUT2D eigenvalue weighted by atomic mass is 10.2. The molecule has 130 valence electrons. The van der Waals surface area contributed by atoms with Crippen molar-refractivity contribution in [3.05, 3.63) is 68.9 Å². The van der Waals surface area contributed by atoms with E-state index < -0.39 is 5.76 Å². The Morgan fingerprint density at radius 2 is 2.00 bits per heavy atom. The van der Waals surface area contributed by atoms with Crippen LogP contribution in [0.15, 0.2) is 62.8 Å². The third kappa shape index (κ3) is 3.37. The van der Waals surface area contributed by atoms with Crippen molar-refractivity contribution in [2.45, 2.75) is 0 Å². The van der Waals surface area contributed by atoms with E-state index in [1.54, 1.807) is 4.68 Å². The highest BCUT2D eigenvalue weighted by Gasteiger charge is 2.07. The second-order valence-corrected chi connectivity index (χ2v) is 6.82. The van der Waals surface area contributed by atoms with Gasteiger partial charge in [-0.1, -0.05) is 52.4 Å². The van der Waals surface area contributed by atoms with E-state index >= 15 is 0 Å². The number of nitrogens with zero attached hydrogens (tertiary/aromatic N) is 4. The molecule has 26 heavy (non-hydrogen) atoms. The van der Waals surface area contributed by atoms with Crippen molar-refractivity contribution < 1.29 is 4.52 Å². The molecule has 0 amide bonds. The zero-order valence-corrected chi connectivity index (χ0v) is 15.1. The zero-order valence-electron chi connectivity index (χ0n) is 13.5. The van der Waals surface area contributed by atoms with Crippen LogP contribution in [-0.4, -0.2) is 19.9 Å². The summed E-state index contributed by atoms with van der Waals surface area (Å²) in [7, 11) is 1.84. The molecule has 4 rings (SSSR count). The summed E-state index contributed by atoms with van der Waals surface area (Å²) in [6, 6.07) is 14.8. The second kappa shape index (κ2) is 6.74. The maximum absolute atomic E-state index is 11.1. The van der Waals surface area contributed by atoms with Crippen molar-refractivity contribution >= 4 is 28.6 Å². The molecule has 2 aromatic heterocycles. The van der Waals surface area contributed by atoms with E-state index in [0.717, 1.165) is 15.4 Å². The molecule has 2 aromatic carbocycles. The maximum Gasteiger partial charge on any atom is 0.439 e. The molecule has 0 spiro atoms. The highest BCUT2D eigenvalue weighted by atomic mass is 35.5. The van der Waals surface area contributed by atoms with Crippen molar-refractivity contribution in [1.29, 1.82) is 0 Å². The van der Waals surface area contributed by atoms with Crippen LogP contribution in [0.4, 0.5) is 5.69 Å². The monoisotopic (exact) mass is 385 g/mol. The van der Waals surface area contributed by atoms with Crippen molar-refractivity contribution in [2.75, 3.05) is 0 Å². The van der Waals surface area contributed by atoms with Gasteiger partial charge >= 0.3 is 5.76 Å². The SMILES string of the molecule is Cn1nc(-c2ccc(Cl)cc2)sc1=Nc1cccc(-c2noc(=O)[nH]2)c1. The van der Waals surface area contributed by atoms with E-state index in [1.807, 2.05) is 55.6 Å². The number of aromatic amines is 1. The van der Waals surface area contributed by atoms with E-state index in [-0.39, 0.29) is 0 Å². The first-order valence-electron chi connectivity index (χ1n) is 7.60. The second-order valence-electron chi connectivity index (χ2n) is 5.43. The molecule has 0 aliphatic rings. The molecule has 0 atom stereocenters. The van der Waals surface area contributed by atoms with Gasteiger partial charge < -0.3 is 0 Å². The third-order valence-corrected chi connectivity index (χ3v) is 4.88. The number of nitrogens with one attached hydrogen (secondary N) is 1. The van der Waals surface area contributed by atoms with Crippen LogP contribution < -0.4 is 10.6 Å². The Hall–Kier alpha value is -2.97. The van der Waals surface area contributed by atoms with Gasteiger partial charge in [-0.25, -0.2) is 14.5 Å². The third-order valence-electron chi connectivity index (χ3n) is 3.58. The van der Waals surface area contributed by atoms with Gasteiger partial charge in [0, 0.05) is 23.2 Å². The molecule has 0 saturated carbocycles. The van der Waals surface area contributed by atoms with Crippen LogP contribution in [0.2, 0.25) is 5.02 Å². The smallest absolute Gasteiger partial charge is 0.296 e. The first kappa shape index (κ1) is 16.5. The number of H-pyrrole nitrogens is 1. The Bertz CT molecular complexity index is 1190. The molecule has 0 aliphatic heterocycles. The van der Waals surface area contributed by atoms with E-state index in [9.17, 15) is 4.79 Å². The summed E-state index contributed by atoms with van der Waals surface area (Å²) in [5.74, 6) is -0.230. The lowest BCUT2D eigenvalue weighted by Gasteiger charge is -1.97. The Morgan fingerprint density at radius 3 is 2.73 bits per heavy atom. The van der Waals surface area contributed by atoms with Gasteiger partial charge in [-0.15, -0.1) is 0 Å². The number of benzene rings is 2. The summed E-state index contributed by atoms with van der Waals surface area (Å²) in [5.41, 5.74) is 2.40. The fourth-order valence-electron chi connectivity index (χ4n) is 2.34. The summed E-state index contributed by atoms with van der Waals surface area (Å²) in [5, 5.41) is 9.74. The predicted octanol–water partition coefficient (Wildman–Crippen LogP) is 3.38. The molecule has 0 aliphatic carbocycles. The Kier molecular flexibility index (Phi) is 4.27. The highest BCUT2D eigenvalue weighted by molar-refractivity contribution is 7.12. The Morgan fingerprint density at radius 1 is 1.19 bits per heavy atom. The van der Waals surface area contributed by atoms with Crippen molar-refractivity contribution in [3.8, 4) is 22.0 Å². The lowest BCUT2D eigenvalue weighted by molar-refractivity contribution is 0.388. The van der Waals surface area contributed by atoms with Crippen molar-refractivity contribution in [2.24, 2.45) is 12.0 Å². The standard InChI is InChI=1S/C17H12ClN5O2S/c1-23-16(26-15(21-23)10-5-7-12(18)8-6-10)19-13-4-2-3-11(9-13)14-20-17(24)25-22-14/h2-9H,1H3,(H,20,22,24). The maximum atomic E-state index is 11.1. The number of aromatic nitrogens is 4. The molecule has 1 N–H and O–H groups in total. The van der Waals surface area contributed by atoms with Crippen molar-refractivity contribution in [3.63, 3.8) is 0 Å². The summed E-state index contributed by atoms with van der Waals surface area (Å²) in [6.45, 7) is 0. The molecule has 4 aromatic rings. The van der Waals surface area contributed by atoms with Gasteiger partial charge in [0.15, 0.2) is 5.82 Å². The molecular formula is C17H12ClN5O2S. The highest BCUT2D eigenvalue weighted by Crippen LogP contribution is 2.23. The Labute approximate surface area is 156 Å². The van der Waals surface area contributed by atoms with Crippen LogP contribution in [0, 0.1) is 0 Å². The summed E-state index contributed by atoms with van der Waals surface area (Å²) in [4.78, 5) is 19.0. The van der Waals surface area contributed by atoms with Crippen LogP contribution in [0.1, 0.15) is 0 Å². The lowest BCUT2D eigenvalue weighted by Crippen LogP contribution is -2.10. The van der Waals surface area contributed by atoms with Gasteiger partial charge in [0.25, 0.3) is 0 Å². The van der Waals surface area contributed by atoms with Gasteiger partial charge in [-0.05, 0) is 24.3 Å². The number of aryl methyl sites for hydroxylation is 1. The van der Waals surface area contributed by atoms with Crippen molar-refractivity contribution in [1.82, 2.24) is 19.9 Å². The molecular weight excluding hydrogens is 374 g/mol. The minimum Gasteiger partial charge on any atom is -0.296 e. The first-order chi connectivity index (χ1) is 12.6. The quantitative estimate of drug-likeness (QED) is 0.585. The number of hydrogen-bond acceptors (Lipinski definition) is 6. The average molecular weight is 386 g/mol. The van der Waals surface area contributed by atoms with Gasteiger partial charge in [0.1, 0.15) is 5.01 Å². The van der Waals surface area contributed by atoms with Gasteiger partial charge in [0.2, 0.25) is 4.80 Å². The number of rotatable bonds is 3. The fourth-order valence-corrected chi connectivity index (χ4v) is 3.38. The van der Waals surface area contributed by atoms with Crippen LogP contribution in [-0.2, 0) is 7.05 Å². The fraction of sp³-hybridized carbons (Fsp3) is 0.0588. The molecule has 0 bridgehead atoms. The van der Waals surface area contributed by atoms with Crippen LogP contribution >= 0.6 is 22.9 Å². The normalized spacial score (nSPS) is 11.8. The van der Waals surface area contributed by atoms with E-state index in [4.69, 9.17) is 11.6 Å². The van der Waals surface area contributed by atoms with E-state index in [0.29, 0.717) is 22.1 Å².